The molecule has 0 bridgehead atoms. The van der Waals surface area contributed by atoms with Gasteiger partial charge in [-0.2, -0.15) is 0 Å². The van der Waals surface area contributed by atoms with Crippen molar-refractivity contribution in [1.82, 2.24) is 4.72 Å². The first kappa shape index (κ1) is 22.9. The lowest BCUT2D eigenvalue weighted by Gasteiger charge is -2.22. The molecule has 9 heteroatoms. The molecule has 0 saturated heterocycles. The van der Waals surface area contributed by atoms with Crippen LogP contribution in [0.25, 0.3) is 0 Å². The van der Waals surface area contributed by atoms with Gasteiger partial charge in [-0.15, -0.1) is 0 Å². The van der Waals surface area contributed by atoms with Crippen LogP contribution in [0.5, 0.6) is 17.2 Å². The van der Waals surface area contributed by atoms with E-state index in [1.807, 2.05) is 0 Å². The minimum Gasteiger partial charge on any atom is -0.497 e. The summed E-state index contributed by atoms with van der Waals surface area (Å²) in [5.41, 5.74) is 0.464. The molecule has 2 aromatic rings. The zero-order valence-electron chi connectivity index (χ0n) is 17.7. The van der Waals surface area contributed by atoms with Crippen LogP contribution in [0.3, 0.4) is 0 Å². The summed E-state index contributed by atoms with van der Waals surface area (Å²) in [7, 11) is -0.534. The molecule has 1 saturated carbocycles. The summed E-state index contributed by atoms with van der Waals surface area (Å²) in [5.74, 6) is 1.08. The first-order valence-corrected chi connectivity index (χ1v) is 11.7. The number of rotatable bonds is 9. The molecular formula is C22H28N2O6S. The number of benzene rings is 2. The van der Waals surface area contributed by atoms with E-state index in [9.17, 15) is 13.2 Å². The summed E-state index contributed by atoms with van der Waals surface area (Å²) in [6.07, 6.45) is 4.98. The molecular weight excluding hydrogens is 420 g/mol. The van der Waals surface area contributed by atoms with E-state index in [1.165, 1.54) is 38.5 Å². The fraction of sp³-hybridized carbons (Fsp3) is 0.409. The Labute approximate surface area is 182 Å². The normalized spacial score (nSPS) is 14.6. The Bertz CT molecular complexity index is 986. The van der Waals surface area contributed by atoms with Crippen LogP contribution in [0.4, 0.5) is 5.69 Å². The Kier molecular flexibility index (Phi) is 7.75. The van der Waals surface area contributed by atoms with E-state index in [1.54, 1.807) is 18.2 Å². The van der Waals surface area contributed by atoms with Crippen LogP contribution in [0.15, 0.2) is 47.4 Å². The average molecular weight is 449 g/mol. The monoisotopic (exact) mass is 448 g/mol. The first-order chi connectivity index (χ1) is 14.9. The molecule has 1 aliphatic rings. The molecule has 0 aromatic heterocycles. The third-order valence-electron chi connectivity index (χ3n) is 5.11. The standard InChI is InChI=1S/C22H28N2O6S/c1-28-18-10-13-21(29-2)20(14-18)23-22(25)15-30-17-8-11-19(12-9-17)31(26,27)24-16-6-4-3-5-7-16/h8-14,16,24H,3-7,15H2,1-2H3,(H,23,25). The zero-order chi connectivity index (χ0) is 22.3. The average Bonchev–Trinajstić information content (AvgIpc) is 2.78. The maximum Gasteiger partial charge on any atom is 0.262 e. The molecule has 0 spiro atoms. The van der Waals surface area contributed by atoms with Gasteiger partial charge < -0.3 is 19.5 Å². The summed E-state index contributed by atoms with van der Waals surface area (Å²) >= 11 is 0. The van der Waals surface area contributed by atoms with Crippen molar-refractivity contribution in [3.63, 3.8) is 0 Å². The number of carbonyl (C=O) groups is 1. The Morgan fingerprint density at radius 3 is 2.29 bits per heavy atom. The van der Waals surface area contributed by atoms with E-state index < -0.39 is 10.0 Å². The number of amides is 1. The van der Waals surface area contributed by atoms with E-state index in [-0.39, 0.29) is 23.5 Å². The molecule has 0 unspecified atom stereocenters. The minimum absolute atomic E-state index is 0.00743. The molecule has 2 aromatic carbocycles. The van der Waals surface area contributed by atoms with Crippen LogP contribution in [0.2, 0.25) is 0 Å². The summed E-state index contributed by atoms with van der Waals surface area (Å²) in [5, 5.41) is 2.71. The number of nitrogens with one attached hydrogen (secondary N) is 2. The second-order valence-corrected chi connectivity index (χ2v) is 9.04. The van der Waals surface area contributed by atoms with Gasteiger partial charge >= 0.3 is 0 Å². The number of sulfonamides is 1. The Balaban J connectivity index is 1.56. The molecule has 1 aliphatic carbocycles. The third-order valence-corrected chi connectivity index (χ3v) is 6.65. The molecule has 2 N–H and O–H groups in total. The molecule has 0 aliphatic heterocycles. The van der Waals surface area contributed by atoms with Crippen LogP contribution >= 0.6 is 0 Å². The van der Waals surface area contributed by atoms with Crippen LogP contribution < -0.4 is 24.2 Å². The van der Waals surface area contributed by atoms with Gasteiger partial charge in [-0.25, -0.2) is 13.1 Å². The Morgan fingerprint density at radius 2 is 1.65 bits per heavy atom. The number of anilines is 1. The van der Waals surface area contributed by atoms with Crippen molar-refractivity contribution in [2.24, 2.45) is 0 Å². The van der Waals surface area contributed by atoms with Gasteiger partial charge in [0.05, 0.1) is 24.8 Å². The van der Waals surface area contributed by atoms with Crippen molar-refractivity contribution in [3.05, 3.63) is 42.5 Å². The van der Waals surface area contributed by atoms with Crippen molar-refractivity contribution in [2.75, 3.05) is 26.1 Å². The topological polar surface area (TPSA) is 103 Å². The van der Waals surface area contributed by atoms with Gasteiger partial charge in [-0.3, -0.25) is 4.79 Å². The summed E-state index contributed by atoms with van der Waals surface area (Å²) in [4.78, 5) is 12.4. The van der Waals surface area contributed by atoms with Gasteiger partial charge in [0.2, 0.25) is 10.0 Å². The molecule has 8 nitrogen and oxygen atoms in total. The highest BCUT2D eigenvalue weighted by molar-refractivity contribution is 7.89. The predicted molar refractivity (Wildman–Crippen MR) is 117 cm³/mol. The van der Waals surface area contributed by atoms with E-state index in [0.29, 0.717) is 22.9 Å². The minimum atomic E-state index is -3.57. The molecule has 0 radical (unpaired) electrons. The van der Waals surface area contributed by atoms with Gasteiger partial charge in [-0.1, -0.05) is 19.3 Å². The summed E-state index contributed by atoms with van der Waals surface area (Å²) in [6.45, 7) is -0.243. The van der Waals surface area contributed by atoms with Crippen molar-refractivity contribution < 1.29 is 27.4 Å². The fourth-order valence-electron chi connectivity index (χ4n) is 3.47. The van der Waals surface area contributed by atoms with Gasteiger partial charge in [-0.05, 0) is 49.2 Å². The molecule has 1 amide bonds. The molecule has 1 fully saturated rings. The van der Waals surface area contributed by atoms with Gasteiger partial charge in [0, 0.05) is 12.1 Å². The van der Waals surface area contributed by atoms with Gasteiger partial charge in [0.1, 0.15) is 17.2 Å². The highest BCUT2D eigenvalue weighted by atomic mass is 32.2. The second-order valence-electron chi connectivity index (χ2n) is 7.33. The number of carbonyl (C=O) groups excluding carboxylic acids is 1. The van der Waals surface area contributed by atoms with Crippen LogP contribution in [-0.2, 0) is 14.8 Å². The predicted octanol–water partition coefficient (Wildman–Crippen LogP) is 3.33. The zero-order valence-corrected chi connectivity index (χ0v) is 18.5. The molecule has 31 heavy (non-hydrogen) atoms. The van der Waals surface area contributed by atoms with E-state index >= 15 is 0 Å². The van der Waals surface area contributed by atoms with E-state index in [4.69, 9.17) is 14.2 Å². The fourth-order valence-corrected chi connectivity index (χ4v) is 4.77. The maximum absolute atomic E-state index is 12.6. The van der Waals surface area contributed by atoms with Crippen LogP contribution in [0.1, 0.15) is 32.1 Å². The lowest BCUT2D eigenvalue weighted by molar-refractivity contribution is -0.118. The molecule has 168 valence electrons. The Hall–Kier alpha value is -2.78. The smallest absolute Gasteiger partial charge is 0.262 e. The first-order valence-electron chi connectivity index (χ1n) is 10.2. The van der Waals surface area contributed by atoms with E-state index in [2.05, 4.69) is 10.0 Å². The highest BCUT2D eigenvalue weighted by Gasteiger charge is 2.21. The number of ether oxygens (including phenoxy) is 3. The highest BCUT2D eigenvalue weighted by Crippen LogP contribution is 2.29. The Morgan fingerprint density at radius 1 is 0.968 bits per heavy atom. The SMILES string of the molecule is COc1ccc(OC)c(NC(=O)COc2ccc(S(=O)(=O)NC3CCCCC3)cc2)c1. The van der Waals surface area contributed by atoms with Crippen molar-refractivity contribution in [3.8, 4) is 17.2 Å². The quantitative estimate of drug-likeness (QED) is 0.610. The van der Waals surface area contributed by atoms with Crippen molar-refractivity contribution in [2.45, 2.75) is 43.0 Å². The number of hydrogen-bond donors (Lipinski definition) is 2. The third kappa shape index (κ3) is 6.35. The van der Waals surface area contributed by atoms with E-state index in [0.717, 1.165) is 32.1 Å². The van der Waals surface area contributed by atoms with Gasteiger partial charge in [0.25, 0.3) is 5.91 Å². The summed E-state index contributed by atoms with van der Waals surface area (Å²) in [6, 6.07) is 11.1. The van der Waals surface area contributed by atoms with Gasteiger partial charge in [0.15, 0.2) is 6.61 Å². The lowest BCUT2D eigenvalue weighted by Crippen LogP contribution is -2.36. The lowest BCUT2D eigenvalue weighted by atomic mass is 9.96. The molecule has 0 heterocycles. The molecule has 0 atom stereocenters. The second kappa shape index (κ2) is 10.5. The largest absolute Gasteiger partial charge is 0.497 e. The number of methoxy groups -OCH3 is 2. The maximum atomic E-state index is 12.6. The van der Waals surface area contributed by atoms with Crippen LogP contribution in [-0.4, -0.2) is 41.2 Å². The number of hydrogen-bond acceptors (Lipinski definition) is 6. The molecule has 3 rings (SSSR count). The van der Waals surface area contributed by atoms with Crippen molar-refractivity contribution in [1.29, 1.82) is 0 Å². The summed E-state index contributed by atoms with van der Waals surface area (Å²) < 4.78 is 43.8. The van der Waals surface area contributed by atoms with Crippen LogP contribution in [0, 0.1) is 0 Å². The van der Waals surface area contributed by atoms with Crippen molar-refractivity contribution >= 4 is 21.6 Å².